The number of ether oxygens (including phenoxy) is 1. The van der Waals surface area contributed by atoms with Crippen molar-refractivity contribution in [2.45, 2.75) is 51.0 Å². The van der Waals surface area contributed by atoms with E-state index in [4.69, 9.17) is 4.74 Å². The van der Waals surface area contributed by atoms with Crippen molar-refractivity contribution >= 4 is 21.9 Å². The third-order valence-electron chi connectivity index (χ3n) is 3.45. The molecular formula is C12H19BrF2O2. The number of alkyl halides is 3. The lowest BCUT2D eigenvalue weighted by molar-refractivity contribution is -0.171. The van der Waals surface area contributed by atoms with E-state index in [1.54, 1.807) is 0 Å². The molecule has 0 spiro atoms. The molecule has 0 radical (unpaired) electrons. The SMILES string of the molecule is CC1CCC(C(C)C)C(OC(=O)C(F)(F)Br)C1. The van der Waals surface area contributed by atoms with E-state index in [0.29, 0.717) is 18.3 Å². The number of hydrogen-bond donors (Lipinski definition) is 0. The van der Waals surface area contributed by atoms with Crippen LogP contribution in [0, 0.1) is 17.8 Å². The van der Waals surface area contributed by atoms with Gasteiger partial charge in [0.05, 0.1) is 0 Å². The van der Waals surface area contributed by atoms with Crippen molar-refractivity contribution in [3.8, 4) is 0 Å². The van der Waals surface area contributed by atoms with Crippen molar-refractivity contribution in [2.75, 3.05) is 0 Å². The van der Waals surface area contributed by atoms with Crippen LogP contribution in [0.4, 0.5) is 8.78 Å². The van der Waals surface area contributed by atoms with Crippen molar-refractivity contribution in [3.05, 3.63) is 0 Å². The van der Waals surface area contributed by atoms with Gasteiger partial charge in [-0.1, -0.05) is 27.2 Å². The summed E-state index contributed by atoms with van der Waals surface area (Å²) < 4.78 is 30.4. The molecule has 0 aliphatic heterocycles. The van der Waals surface area contributed by atoms with E-state index in [0.717, 1.165) is 12.8 Å². The molecule has 3 unspecified atom stereocenters. The van der Waals surface area contributed by atoms with Crippen LogP contribution in [-0.2, 0) is 9.53 Å². The molecule has 0 aromatic carbocycles. The van der Waals surface area contributed by atoms with Crippen LogP contribution in [0.2, 0.25) is 0 Å². The number of carbonyl (C=O) groups excluding carboxylic acids is 1. The maximum Gasteiger partial charge on any atom is 0.396 e. The highest BCUT2D eigenvalue weighted by atomic mass is 79.9. The predicted octanol–water partition coefficient (Wildman–Crippen LogP) is 3.98. The van der Waals surface area contributed by atoms with Gasteiger partial charge in [-0.05, 0) is 30.6 Å². The molecule has 100 valence electrons. The first-order valence-corrected chi connectivity index (χ1v) is 6.79. The molecule has 3 atom stereocenters. The first kappa shape index (κ1) is 14.9. The van der Waals surface area contributed by atoms with Crippen LogP contribution >= 0.6 is 15.9 Å². The van der Waals surface area contributed by atoms with Crippen LogP contribution in [-0.4, -0.2) is 16.9 Å². The van der Waals surface area contributed by atoms with Gasteiger partial charge in [0.2, 0.25) is 0 Å². The van der Waals surface area contributed by atoms with Crippen molar-refractivity contribution in [1.82, 2.24) is 0 Å². The fourth-order valence-electron chi connectivity index (χ4n) is 2.45. The zero-order valence-electron chi connectivity index (χ0n) is 10.4. The van der Waals surface area contributed by atoms with Gasteiger partial charge in [-0.2, -0.15) is 8.78 Å². The summed E-state index contributed by atoms with van der Waals surface area (Å²) in [6.45, 7) is 6.13. The van der Waals surface area contributed by atoms with E-state index >= 15 is 0 Å². The Kier molecular flexibility index (Phi) is 4.93. The minimum Gasteiger partial charge on any atom is -0.457 e. The van der Waals surface area contributed by atoms with E-state index in [9.17, 15) is 13.6 Å². The molecule has 1 rings (SSSR count). The summed E-state index contributed by atoms with van der Waals surface area (Å²) >= 11 is 2.03. The van der Waals surface area contributed by atoms with E-state index < -0.39 is 10.8 Å². The summed E-state index contributed by atoms with van der Waals surface area (Å²) in [4.78, 5) is 7.61. The largest absolute Gasteiger partial charge is 0.457 e. The van der Waals surface area contributed by atoms with Crippen molar-refractivity contribution in [3.63, 3.8) is 0 Å². The van der Waals surface area contributed by atoms with Gasteiger partial charge in [0.1, 0.15) is 6.10 Å². The lowest BCUT2D eigenvalue weighted by Crippen LogP contribution is -2.38. The lowest BCUT2D eigenvalue weighted by Gasteiger charge is -2.36. The normalized spacial score (nSPS) is 30.4. The fourth-order valence-corrected chi connectivity index (χ4v) is 2.55. The van der Waals surface area contributed by atoms with Gasteiger partial charge in [0.15, 0.2) is 0 Å². The van der Waals surface area contributed by atoms with Gasteiger partial charge in [0.25, 0.3) is 0 Å². The number of carbonyl (C=O) groups is 1. The molecule has 1 aliphatic rings. The maximum atomic E-state index is 12.7. The number of hydrogen-bond acceptors (Lipinski definition) is 2. The third kappa shape index (κ3) is 4.19. The van der Waals surface area contributed by atoms with Gasteiger partial charge >= 0.3 is 10.8 Å². The molecule has 0 aromatic heterocycles. The van der Waals surface area contributed by atoms with Crippen LogP contribution in [0.25, 0.3) is 0 Å². The number of halogens is 3. The number of rotatable bonds is 3. The Morgan fingerprint density at radius 1 is 1.41 bits per heavy atom. The molecule has 1 aliphatic carbocycles. The first-order chi connectivity index (χ1) is 7.71. The highest BCUT2D eigenvalue weighted by molar-refractivity contribution is 9.10. The van der Waals surface area contributed by atoms with Crippen LogP contribution < -0.4 is 0 Å². The summed E-state index contributed by atoms with van der Waals surface area (Å²) in [5.74, 6) is -0.525. The van der Waals surface area contributed by atoms with Gasteiger partial charge in [-0.25, -0.2) is 4.79 Å². The van der Waals surface area contributed by atoms with Crippen molar-refractivity contribution < 1.29 is 18.3 Å². The van der Waals surface area contributed by atoms with Crippen molar-refractivity contribution in [2.24, 2.45) is 17.8 Å². The summed E-state index contributed by atoms with van der Waals surface area (Å²) in [5.41, 5.74) is 0. The molecule has 0 heterocycles. The summed E-state index contributed by atoms with van der Waals surface area (Å²) in [6.07, 6.45) is 2.30. The fraction of sp³-hybridized carbons (Fsp3) is 0.917. The summed E-state index contributed by atoms with van der Waals surface area (Å²) in [6, 6.07) is 0. The Morgan fingerprint density at radius 2 is 2.00 bits per heavy atom. The molecule has 0 bridgehead atoms. The maximum absolute atomic E-state index is 12.7. The molecule has 0 saturated heterocycles. The molecule has 17 heavy (non-hydrogen) atoms. The summed E-state index contributed by atoms with van der Waals surface area (Å²) in [7, 11) is 0. The lowest BCUT2D eigenvalue weighted by atomic mass is 9.75. The molecule has 0 aromatic rings. The smallest absolute Gasteiger partial charge is 0.396 e. The Bertz CT molecular complexity index is 276. The topological polar surface area (TPSA) is 26.3 Å². The van der Waals surface area contributed by atoms with Crippen LogP contribution in [0.5, 0.6) is 0 Å². The van der Waals surface area contributed by atoms with E-state index in [-0.39, 0.29) is 12.0 Å². The second-order valence-corrected chi connectivity index (χ2v) is 6.26. The van der Waals surface area contributed by atoms with Crippen molar-refractivity contribution in [1.29, 1.82) is 0 Å². The van der Waals surface area contributed by atoms with Crippen LogP contribution in [0.15, 0.2) is 0 Å². The standard InChI is InChI=1S/C12H19BrF2O2/c1-7(2)9-5-4-8(3)6-10(9)17-11(16)12(13,14)15/h7-10H,4-6H2,1-3H3. The Labute approximate surface area is 109 Å². The zero-order valence-corrected chi connectivity index (χ0v) is 12.0. The molecule has 5 heteroatoms. The monoisotopic (exact) mass is 312 g/mol. The quantitative estimate of drug-likeness (QED) is 0.582. The molecule has 2 nitrogen and oxygen atoms in total. The molecule has 1 fully saturated rings. The van der Waals surface area contributed by atoms with E-state index in [1.807, 2.05) is 29.8 Å². The van der Waals surface area contributed by atoms with Crippen LogP contribution in [0.1, 0.15) is 40.0 Å². The van der Waals surface area contributed by atoms with Gasteiger partial charge in [0, 0.05) is 15.9 Å². The average molecular weight is 313 g/mol. The average Bonchev–Trinajstić information content (AvgIpc) is 2.15. The molecule has 0 amide bonds. The van der Waals surface area contributed by atoms with Gasteiger partial charge < -0.3 is 4.74 Å². The number of esters is 1. The minimum absolute atomic E-state index is 0.185. The predicted molar refractivity (Wildman–Crippen MR) is 65.1 cm³/mol. The Morgan fingerprint density at radius 3 is 2.47 bits per heavy atom. The first-order valence-electron chi connectivity index (χ1n) is 5.99. The van der Waals surface area contributed by atoms with E-state index in [1.165, 1.54) is 0 Å². The highest BCUT2D eigenvalue weighted by Crippen LogP contribution is 2.36. The van der Waals surface area contributed by atoms with Gasteiger partial charge in [-0.3, -0.25) is 0 Å². The molecule has 0 N–H and O–H groups in total. The Hall–Kier alpha value is -0.190. The second kappa shape index (κ2) is 5.63. The Balaban J connectivity index is 2.67. The van der Waals surface area contributed by atoms with Crippen LogP contribution in [0.3, 0.4) is 0 Å². The minimum atomic E-state index is -3.57. The molecular weight excluding hydrogens is 294 g/mol. The zero-order chi connectivity index (χ0) is 13.2. The highest BCUT2D eigenvalue weighted by Gasteiger charge is 2.41. The van der Waals surface area contributed by atoms with E-state index in [2.05, 4.69) is 6.92 Å². The summed E-state index contributed by atoms with van der Waals surface area (Å²) in [5, 5.41) is 0. The molecule has 1 saturated carbocycles. The van der Waals surface area contributed by atoms with Gasteiger partial charge in [-0.15, -0.1) is 0 Å². The third-order valence-corrected chi connectivity index (χ3v) is 3.77. The second-order valence-electron chi connectivity index (χ2n) is 5.27.